The second-order valence-electron chi connectivity index (χ2n) is 3.03. The van der Waals surface area contributed by atoms with E-state index in [1.54, 1.807) is 0 Å². The fourth-order valence-electron chi connectivity index (χ4n) is 1.35. The number of nitrogens with one attached hydrogen (secondary N) is 2. The molecule has 0 atom stereocenters. The lowest BCUT2D eigenvalue weighted by Gasteiger charge is -2.06. The molecule has 70 valence electrons. The van der Waals surface area contributed by atoms with Crippen molar-refractivity contribution < 1.29 is 9.90 Å². The van der Waals surface area contributed by atoms with Gasteiger partial charge in [-0.15, -0.1) is 0 Å². The van der Waals surface area contributed by atoms with Crippen molar-refractivity contribution in [2.75, 3.05) is 0 Å². The second-order valence-corrected chi connectivity index (χ2v) is 3.03. The molecule has 7 heteroatoms. The number of aliphatic carboxylic acids is 1. The van der Waals surface area contributed by atoms with Crippen molar-refractivity contribution in [3.05, 3.63) is 21.0 Å². The summed E-state index contributed by atoms with van der Waals surface area (Å²) in [6.07, 6.45) is 0.645. The van der Waals surface area contributed by atoms with Crippen molar-refractivity contribution in [2.24, 2.45) is 0 Å². The van der Waals surface area contributed by atoms with Crippen molar-refractivity contribution in [2.45, 2.75) is 18.4 Å². The normalized spacial score (nSPS) is 18.5. The highest BCUT2D eigenvalue weighted by atomic mass is 16.4. The van der Waals surface area contributed by atoms with E-state index in [1.165, 1.54) is 0 Å². The minimum absolute atomic E-state index is 0.323. The van der Waals surface area contributed by atoms with E-state index in [0.717, 1.165) is 4.57 Å². The van der Waals surface area contributed by atoms with Crippen LogP contribution in [0.1, 0.15) is 12.8 Å². The summed E-state index contributed by atoms with van der Waals surface area (Å²) in [6, 6.07) is 0. The van der Waals surface area contributed by atoms with Gasteiger partial charge in [-0.1, -0.05) is 0 Å². The van der Waals surface area contributed by atoms with Crippen LogP contribution >= 0.6 is 0 Å². The van der Waals surface area contributed by atoms with Crippen LogP contribution in [0.3, 0.4) is 0 Å². The number of carbonyl (C=O) groups is 1. The lowest BCUT2D eigenvalue weighted by molar-refractivity contribution is -0.142. The lowest BCUT2D eigenvalue weighted by Crippen LogP contribution is -2.41. The van der Waals surface area contributed by atoms with E-state index in [1.807, 2.05) is 10.2 Å². The molecule has 0 spiro atoms. The van der Waals surface area contributed by atoms with Crippen molar-refractivity contribution >= 4 is 5.97 Å². The quantitative estimate of drug-likeness (QED) is 0.517. The van der Waals surface area contributed by atoms with E-state index in [0.29, 0.717) is 12.8 Å². The third-order valence-electron chi connectivity index (χ3n) is 2.23. The first kappa shape index (κ1) is 7.84. The average molecular weight is 185 g/mol. The molecule has 1 saturated carbocycles. The van der Waals surface area contributed by atoms with Crippen LogP contribution in [0.5, 0.6) is 0 Å². The van der Waals surface area contributed by atoms with Gasteiger partial charge in [-0.3, -0.25) is 0 Å². The Bertz CT molecular complexity index is 433. The Morgan fingerprint density at radius 1 is 1.31 bits per heavy atom. The van der Waals surface area contributed by atoms with Crippen molar-refractivity contribution in [1.82, 2.24) is 14.8 Å². The summed E-state index contributed by atoms with van der Waals surface area (Å²) < 4.78 is 0.718. The van der Waals surface area contributed by atoms with E-state index >= 15 is 0 Å². The molecule has 2 rings (SSSR count). The Morgan fingerprint density at radius 2 is 1.77 bits per heavy atom. The first-order chi connectivity index (χ1) is 6.08. The van der Waals surface area contributed by atoms with E-state index in [4.69, 9.17) is 5.11 Å². The molecule has 0 bridgehead atoms. The fourth-order valence-corrected chi connectivity index (χ4v) is 1.35. The number of hydrogen-bond donors (Lipinski definition) is 3. The van der Waals surface area contributed by atoms with Crippen molar-refractivity contribution in [1.29, 1.82) is 0 Å². The molecule has 1 heterocycles. The summed E-state index contributed by atoms with van der Waals surface area (Å²) in [5, 5.41) is 12.9. The van der Waals surface area contributed by atoms with Crippen LogP contribution in [0.4, 0.5) is 0 Å². The molecule has 0 aliphatic heterocycles. The SMILES string of the molecule is O=C(O)C1(n2c(=O)[nH][nH]c2=O)CC1. The second kappa shape index (κ2) is 2.12. The van der Waals surface area contributed by atoms with E-state index in [2.05, 4.69) is 0 Å². The van der Waals surface area contributed by atoms with Gasteiger partial charge in [-0.25, -0.2) is 29.1 Å². The zero-order valence-electron chi connectivity index (χ0n) is 6.53. The molecule has 0 unspecified atom stereocenters. The van der Waals surface area contributed by atoms with Crippen molar-refractivity contribution in [3.63, 3.8) is 0 Å². The minimum Gasteiger partial charge on any atom is -0.479 e. The molecule has 13 heavy (non-hydrogen) atoms. The molecule has 1 fully saturated rings. The zero-order chi connectivity index (χ0) is 9.64. The van der Waals surface area contributed by atoms with Gasteiger partial charge in [0.05, 0.1) is 0 Å². The monoisotopic (exact) mass is 185 g/mol. The number of carboxylic acids is 1. The van der Waals surface area contributed by atoms with Gasteiger partial charge in [0.2, 0.25) is 0 Å². The molecule has 0 saturated heterocycles. The smallest absolute Gasteiger partial charge is 0.345 e. The lowest BCUT2D eigenvalue weighted by atomic mass is 10.3. The maximum Gasteiger partial charge on any atom is 0.345 e. The van der Waals surface area contributed by atoms with Gasteiger partial charge < -0.3 is 5.11 Å². The van der Waals surface area contributed by atoms with Crippen molar-refractivity contribution in [3.8, 4) is 0 Å². The molecular formula is C6H7N3O4. The highest BCUT2D eigenvalue weighted by Crippen LogP contribution is 2.41. The summed E-state index contributed by atoms with van der Waals surface area (Å²) in [7, 11) is 0. The number of aromatic nitrogens is 3. The third kappa shape index (κ3) is 0.865. The fraction of sp³-hybridized carbons (Fsp3) is 0.500. The van der Waals surface area contributed by atoms with Crippen LogP contribution in [-0.2, 0) is 10.3 Å². The van der Waals surface area contributed by atoms with Gasteiger partial charge in [0.1, 0.15) is 0 Å². The van der Waals surface area contributed by atoms with Gasteiger partial charge in [-0.05, 0) is 12.8 Å². The van der Waals surface area contributed by atoms with Gasteiger partial charge in [0.15, 0.2) is 5.54 Å². The molecule has 1 aliphatic carbocycles. The summed E-state index contributed by atoms with van der Waals surface area (Å²) in [4.78, 5) is 32.8. The summed E-state index contributed by atoms with van der Waals surface area (Å²) >= 11 is 0. The topological polar surface area (TPSA) is 108 Å². The van der Waals surface area contributed by atoms with E-state index in [-0.39, 0.29) is 0 Å². The molecule has 1 aromatic heterocycles. The standard InChI is InChI=1S/C6H7N3O4/c10-3(11)6(1-2-6)9-4(12)7-8-5(9)13/h1-2H2,(H,7,12)(H,8,13)(H,10,11). The maximum atomic E-state index is 11.0. The van der Waals surface area contributed by atoms with Crippen LogP contribution in [0.2, 0.25) is 0 Å². The third-order valence-corrected chi connectivity index (χ3v) is 2.23. The zero-order valence-corrected chi connectivity index (χ0v) is 6.53. The molecule has 1 aromatic rings. The molecule has 1 aliphatic rings. The summed E-state index contributed by atoms with van der Waals surface area (Å²) in [5.41, 5.74) is -2.71. The predicted octanol–water partition coefficient (Wildman–Crippen LogP) is -1.56. The van der Waals surface area contributed by atoms with Crippen LogP contribution in [0.15, 0.2) is 9.59 Å². The minimum atomic E-state index is -1.30. The van der Waals surface area contributed by atoms with Crippen LogP contribution in [0.25, 0.3) is 0 Å². The Kier molecular flexibility index (Phi) is 1.28. The molecule has 0 aromatic carbocycles. The van der Waals surface area contributed by atoms with Crippen LogP contribution < -0.4 is 11.4 Å². The molecule has 7 nitrogen and oxygen atoms in total. The Morgan fingerprint density at radius 3 is 2.08 bits per heavy atom. The van der Waals surface area contributed by atoms with Crippen LogP contribution in [0, 0.1) is 0 Å². The van der Waals surface area contributed by atoms with Gasteiger partial charge in [0, 0.05) is 0 Å². The Labute approximate surface area is 71.0 Å². The van der Waals surface area contributed by atoms with Gasteiger partial charge >= 0.3 is 17.3 Å². The van der Waals surface area contributed by atoms with E-state index in [9.17, 15) is 14.4 Å². The van der Waals surface area contributed by atoms with Gasteiger partial charge in [0.25, 0.3) is 0 Å². The number of hydrogen-bond acceptors (Lipinski definition) is 3. The van der Waals surface area contributed by atoms with Gasteiger partial charge in [-0.2, -0.15) is 0 Å². The van der Waals surface area contributed by atoms with Crippen LogP contribution in [-0.4, -0.2) is 25.8 Å². The Hall–Kier alpha value is -1.79. The maximum absolute atomic E-state index is 11.0. The van der Waals surface area contributed by atoms with E-state index < -0.39 is 22.9 Å². The molecule has 0 amide bonds. The largest absolute Gasteiger partial charge is 0.479 e. The average Bonchev–Trinajstić information content (AvgIpc) is 2.77. The highest BCUT2D eigenvalue weighted by Gasteiger charge is 2.54. The number of aromatic amines is 2. The predicted molar refractivity (Wildman–Crippen MR) is 40.5 cm³/mol. The first-order valence-electron chi connectivity index (χ1n) is 3.71. The number of H-pyrrole nitrogens is 2. The first-order valence-corrected chi connectivity index (χ1v) is 3.71. The number of rotatable bonds is 2. The number of nitrogens with zero attached hydrogens (tertiary/aromatic N) is 1. The number of carboxylic acid groups (broad SMARTS) is 1. The molecule has 3 N–H and O–H groups in total. The molecule has 0 radical (unpaired) electrons. The highest BCUT2D eigenvalue weighted by molar-refractivity contribution is 5.79. The summed E-state index contributed by atoms with van der Waals surface area (Å²) in [6.45, 7) is 0. The summed E-state index contributed by atoms with van der Waals surface area (Å²) in [5.74, 6) is -1.14. The Balaban J connectivity index is 2.65. The molecular weight excluding hydrogens is 178 g/mol.